The number of nitrogens with two attached hydrogens (primary N) is 1. The van der Waals surface area contributed by atoms with E-state index in [9.17, 15) is 14.7 Å². The predicted molar refractivity (Wildman–Crippen MR) is 103 cm³/mol. The molecule has 0 bridgehead atoms. The van der Waals surface area contributed by atoms with Gasteiger partial charge in [0.25, 0.3) is 5.91 Å². The Bertz CT molecular complexity index is 858. The van der Waals surface area contributed by atoms with Crippen LogP contribution in [0.15, 0.2) is 42.7 Å². The zero-order chi connectivity index (χ0) is 19.6. The number of aromatic nitrogens is 1. The first-order valence-electron chi connectivity index (χ1n) is 9.12. The van der Waals surface area contributed by atoms with E-state index in [4.69, 9.17) is 5.73 Å². The predicted octanol–water partition coefficient (Wildman–Crippen LogP) is 2.31. The minimum Gasteiger partial charge on any atom is -0.386 e. The van der Waals surface area contributed by atoms with Crippen LogP contribution in [-0.4, -0.2) is 39.9 Å². The zero-order valence-electron chi connectivity index (χ0n) is 15.7. The number of amides is 2. The Balaban J connectivity index is 1.86. The van der Waals surface area contributed by atoms with E-state index in [1.165, 1.54) is 0 Å². The summed E-state index contributed by atoms with van der Waals surface area (Å²) in [5.74, 6) is -0.733. The molecule has 0 spiro atoms. The van der Waals surface area contributed by atoms with Crippen LogP contribution >= 0.6 is 0 Å². The molecule has 1 aliphatic heterocycles. The molecule has 0 saturated carbocycles. The number of nitrogens with zero attached hydrogens (tertiary/aromatic N) is 2. The third-order valence-corrected chi connectivity index (χ3v) is 5.00. The van der Waals surface area contributed by atoms with Crippen LogP contribution < -0.4 is 5.73 Å². The van der Waals surface area contributed by atoms with E-state index in [1.54, 1.807) is 37.2 Å². The lowest BCUT2D eigenvalue weighted by atomic mass is 9.95. The van der Waals surface area contributed by atoms with Crippen molar-refractivity contribution in [2.75, 3.05) is 13.1 Å². The van der Waals surface area contributed by atoms with Gasteiger partial charge in [-0.15, -0.1) is 0 Å². The number of aliphatic hydroxyl groups is 1. The topological polar surface area (TPSA) is 96.5 Å². The highest BCUT2D eigenvalue weighted by Crippen LogP contribution is 2.26. The number of likely N-dealkylation sites (tertiary alicyclic amines) is 1. The summed E-state index contributed by atoms with van der Waals surface area (Å²) in [4.78, 5) is 30.3. The van der Waals surface area contributed by atoms with E-state index >= 15 is 0 Å². The average molecular weight is 367 g/mol. The molecule has 0 unspecified atom stereocenters. The molecule has 142 valence electrons. The molecule has 27 heavy (non-hydrogen) atoms. The van der Waals surface area contributed by atoms with Gasteiger partial charge in [0.1, 0.15) is 0 Å². The fraction of sp³-hybridized carbons (Fsp3) is 0.381. The number of rotatable bonds is 4. The lowest BCUT2D eigenvalue weighted by Crippen LogP contribution is -2.44. The minimum absolute atomic E-state index is 0.102. The summed E-state index contributed by atoms with van der Waals surface area (Å²) in [5, 5.41) is 10.2. The van der Waals surface area contributed by atoms with Crippen LogP contribution in [0.5, 0.6) is 0 Å². The van der Waals surface area contributed by atoms with Crippen molar-refractivity contribution in [3.63, 3.8) is 0 Å². The molecule has 0 aliphatic carbocycles. The fourth-order valence-corrected chi connectivity index (χ4v) is 3.34. The molecule has 1 aliphatic rings. The normalized spacial score (nSPS) is 17.6. The van der Waals surface area contributed by atoms with E-state index in [-0.39, 0.29) is 17.7 Å². The number of primary amides is 1. The summed E-state index contributed by atoms with van der Waals surface area (Å²) >= 11 is 0. The number of hydrogen-bond donors (Lipinski definition) is 2. The minimum atomic E-state index is -0.992. The van der Waals surface area contributed by atoms with Gasteiger partial charge in [0.2, 0.25) is 5.91 Å². The Hall–Kier alpha value is -2.73. The maximum atomic E-state index is 12.9. The van der Waals surface area contributed by atoms with E-state index in [1.807, 2.05) is 24.3 Å². The maximum absolute atomic E-state index is 12.9. The van der Waals surface area contributed by atoms with Crippen molar-refractivity contribution in [1.29, 1.82) is 0 Å². The van der Waals surface area contributed by atoms with Gasteiger partial charge in [-0.1, -0.05) is 12.1 Å². The van der Waals surface area contributed by atoms with Gasteiger partial charge in [0.05, 0.1) is 11.5 Å². The Kier molecular flexibility index (Phi) is 5.28. The standard InChI is InChI=1S/C21H25N3O3/c1-21(2,27)18-10-17(11-23-12-18)14-5-3-6-15(9-14)20(26)24-8-4-7-16(13-24)19(22)25/h3,5-6,9-12,16,27H,4,7-8,13H2,1-2H3,(H2,22,25)/t16-/m0/s1. The summed E-state index contributed by atoms with van der Waals surface area (Å²) in [5.41, 5.74) is 7.37. The van der Waals surface area contributed by atoms with E-state index in [0.717, 1.165) is 24.0 Å². The Morgan fingerprint density at radius 3 is 2.70 bits per heavy atom. The third-order valence-electron chi connectivity index (χ3n) is 5.00. The molecule has 2 heterocycles. The Labute approximate surface area is 159 Å². The van der Waals surface area contributed by atoms with Gasteiger partial charge in [-0.05, 0) is 50.5 Å². The van der Waals surface area contributed by atoms with Gasteiger partial charge in [0.15, 0.2) is 0 Å². The fourth-order valence-electron chi connectivity index (χ4n) is 3.34. The van der Waals surface area contributed by atoms with Crippen molar-refractivity contribution in [2.45, 2.75) is 32.3 Å². The highest BCUT2D eigenvalue weighted by Gasteiger charge is 2.27. The smallest absolute Gasteiger partial charge is 0.253 e. The molecule has 1 atom stereocenters. The number of pyridine rings is 1. The molecule has 6 nitrogen and oxygen atoms in total. The van der Waals surface area contributed by atoms with E-state index < -0.39 is 5.60 Å². The number of piperidine rings is 1. The molecule has 3 rings (SSSR count). The molecular formula is C21H25N3O3. The second kappa shape index (κ2) is 7.48. The Morgan fingerprint density at radius 2 is 2.00 bits per heavy atom. The van der Waals surface area contributed by atoms with Crippen molar-refractivity contribution in [1.82, 2.24) is 9.88 Å². The molecule has 3 N–H and O–H groups in total. The van der Waals surface area contributed by atoms with Gasteiger partial charge in [-0.25, -0.2) is 0 Å². The summed E-state index contributed by atoms with van der Waals surface area (Å²) in [7, 11) is 0. The van der Waals surface area contributed by atoms with Gasteiger partial charge >= 0.3 is 0 Å². The van der Waals surface area contributed by atoms with Gasteiger partial charge in [-0.3, -0.25) is 14.6 Å². The third kappa shape index (κ3) is 4.34. The summed E-state index contributed by atoms with van der Waals surface area (Å²) in [6.45, 7) is 4.41. The van der Waals surface area contributed by atoms with Crippen molar-refractivity contribution in [3.8, 4) is 11.1 Å². The summed E-state index contributed by atoms with van der Waals surface area (Å²) in [6.07, 6.45) is 4.85. The number of hydrogen-bond acceptors (Lipinski definition) is 4. The molecule has 1 aromatic carbocycles. The molecular weight excluding hydrogens is 342 g/mol. The first kappa shape index (κ1) is 19.0. The van der Waals surface area contributed by atoms with Crippen molar-refractivity contribution in [2.24, 2.45) is 11.7 Å². The molecule has 1 aromatic heterocycles. The lowest BCUT2D eigenvalue weighted by Gasteiger charge is -2.31. The second-order valence-electron chi connectivity index (χ2n) is 7.59. The zero-order valence-corrected chi connectivity index (χ0v) is 15.7. The maximum Gasteiger partial charge on any atom is 0.253 e. The first-order chi connectivity index (χ1) is 12.8. The van der Waals surface area contributed by atoms with E-state index in [2.05, 4.69) is 4.98 Å². The van der Waals surface area contributed by atoms with Gasteiger partial charge in [-0.2, -0.15) is 0 Å². The van der Waals surface area contributed by atoms with Crippen molar-refractivity contribution < 1.29 is 14.7 Å². The molecule has 1 saturated heterocycles. The van der Waals surface area contributed by atoms with Crippen molar-refractivity contribution >= 4 is 11.8 Å². The largest absolute Gasteiger partial charge is 0.386 e. The number of carbonyl (C=O) groups excluding carboxylic acids is 2. The molecule has 2 aromatic rings. The van der Waals surface area contributed by atoms with Crippen molar-refractivity contribution in [3.05, 3.63) is 53.9 Å². The highest BCUT2D eigenvalue weighted by molar-refractivity contribution is 5.96. The molecule has 6 heteroatoms. The number of benzene rings is 1. The summed E-state index contributed by atoms with van der Waals surface area (Å²) in [6, 6.07) is 9.20. The van der Waals surface area contributed by atoms with Gasteiger partial charge in [0, 0.05) is 42.2 Å². The van der Waals surface area contributed by atoms with Crippen LogP contribution in [0.3, 0.4) is 0 Å². The van der Waals surface area contributed by atoms with E-state index in [0.29, 0.717) is 24.2 Å². The van der Waals surface area contributed by atoms with Crippen LogP contribution in [0.25, 0.3) is 11.1 Å². The molecule has 0 radical (unpaired) electrons. The highest BCUT2D eigenvalue weighted by atomic mass is 16.3. The van der Waals surface area contributed by atoms with Crippen LogP contribution in [0, 0.1) is 5.92 Å². The van der Waals surface area contributed by atoms with Crippen LogP contribution in [-0.2, 0) is 10.4 Å². The van der Waals surface area contributed by atoms with Crippen LogP contribution in [0.4, 0.5) is 0 Å². The SMILES string of the molecule is CC(C)(O)c1cncc(-c2cccc(C(=O)N3CCC[C@H](C(N)=O)C3)c2)c1. The van der Waals surface area contributed by atoms with Gasteiger partial charge < -0.3 is 15.7 Å². The Morgan fingerprint density at radius 1 is 1.22 bits per heavy atom. The van der Waals surface area contributed by atoms with Crippen LogP contribution in [0.2, 0.25) is 0 Å². The lowest BCUT2D eigenvalue weighted by molar-refractivity contribution is -0.123. The number of carbonyl (C=O) groups is 2. The molecule has 1 fully saturated rings. The molecule has 2 amide bonds. The van der Waals surface area contributed by atoms with Crippen LogP contribution in [0.1, 0.15) is 42.6 Å². The first-order valence-corrected chi connectivity index (χ1v) is 9.12. The average Bonchev–Trinajstić information content (AvgIpc) is 2.67. The monoisotopic (exact) mass is 367 g/mol. The quantitative estimate of drug-likeness (QED) is 0.867. The second-order valence-corrected chi connectivity index (χ2v) is 7.59. The summed E-state index contributed by atoms with van der Waals surface area (Å²) < 4.78 is 0.